The molecule has 5 atom stereocenters. The predicted octanol–water partition coefficient (Wildman–Crippen LogP) is 25.5. The molecule has 4 N–H and O–H groups in total. The van der Waals surface area contributed by atoms with Crippen LogP contribution in [0.4, 0.5) is 0 Å². The van der Waals surface area contributed by atoms with Crippen molar-refractivity contribution in [3.8, 4) is 0 Å². The first-order valence-corrected chi connectivity index (χ1v) is 45.4. The van der Waals surface area contributed by atoms with Crippen molar-refractivity contribution in [2.45, 2.75) is 347 Å². The van der Waals surface area contributed by atoms with Gasteiger partial charge in [-0.25, -0.2) is 9.13 Å². The van der Waals surface area contributed by atoms with Crippen molar-refractivity contribution in [3.05, 3.63) is 170 Å². The number of carbonyl (C=O) groups excluding carboxylic acids is 3. The summed E-state index contributed by atoms with van der Waals surface area (Å²) in [6.07, 6.45) is 106. The molecule has 5 unspecified atom stereocenters. The van der Waals surface area contributed by atoms with Gasteiger partial charge in [0.05, 0.1) is 26.4 Å². The van der Waals surface area contributed by atoms with Gasteiger partial charge in [-0.15, -0.1) is 0 Å². The Morgan fingerprint density at radius 3 is 0.725 bits per heavy atom. The van der Waals surface area contributed by atoms with Crippen LogP contribution in [-0.2, 0) is 55.8 Å². The molecule has 0 amide bonds. The van der Waals surface area contributed by atoms with Crippen molar-refractivity contribution >= 4 is 33.6 Å². The van der Waals surface area contributed by atoms with Crippen LogP contribution >= 0.6 is 15.6 Å². The molecule has 0 aromatic heterocycles. The number of hydrogen-bond donors (Lipinski definition) is 4. The summed E-state index contributed by atoms with van der Waals surface area (Å²) in [5, 5.41) is 20.7. The van der Waals surface area contributed by atoms with E-state index in [1.54, 1.807) is 0 Å². The third-order valence-corrected chi connectivity index (χ3v) is 19.3. The first kappa shape index (κ1) is 104. The van der Waals surface area contributed by atoms with E-state index in [2.05, 4.69) is 191 Å². The van der Waals surface area contributed by atoms with Crippen molar-refractivity contribution in [3.63, 3.8) is 0 Å². The maximum absolute atomic E-state index is 13.0. The lowest BCUT2D eigenvalue weighted by atomic mass is 10.0. The zero-order valence-electron chi connectivity index (χ0n) is 68.2. The van der Waals surface area contributed by atoms with Crippen LogP contribution in [0.3, 0.4) is 0 Å². The summed E-state index contributed by atoms with van der Waals surface area (Å²) in [7, 11) is -9.81. The molecule has 0 aliphatic carbocycles. The second kappa shape index (κ2) is 82.4. The van der Waals surface area contributed by atoms with Gasteiger partial charge >= 0.3 is 33.6 Å². The lowest BCUT2D eigenvalue weighted by molar-refractivity contribution is -0.161. The fourth-order valence-electron chi connectivity index (χ4n) is 11.1. The summed E-state index contributed by atoms with van der Waals surface area (Å²) in [4.78, 5) is 58.8. The summed E-state index contributed by atoms with van der Waals surface area (Å²) in [5.74, 6) is -1.61. The van der Waals surface area contributed by atoms with Crippen LogP contribution in [0.1, 0.15) is 329 Å². The number of phosphoric acid groups is 2. The van der Waals surface area contributed by atoms with Crippen LogP contribution in [0.5, 0.6) is 0 Å². The Hall–Kier alpha value is -5.09. The molecule has 0 heterocycles. The van der Waals surface area contributed by atoms with Gasteiger partial charge < -0.3 is 34.2 Å². The Morgan fingerprint density at radius 1 is 0.257 bits per heavy atom. The van der Waals surface area contributed by atoms with Crippen molar-refractivity contribution < 1.29 is 75.8 Å². The van der Waals surface area contributed by atoms with E-state index in [1.165, 1.54) is 89.9 Å². The Labute approximate surface area is 662 Å². The Morgan fingerprint density at radius 2 is 0.459 bits per heavy atom. The molecule has 0 aliphatic rings. The monoisotopic (exact) mass is 1560 g/mol. The van der Waals surface area contributed by atoms with Gasteiger partial charge in [0.15, 0.2) is 6.10 Å². The van der Waals surface area contributed by atoms with E-state index < -0.39 is 91.5 Å². The highest BCUT2D eigenvalue weighted by molar-refractivity contribution is 7.47. The van der Waals surface area contributed by atoms with E-state index in [9.17, 15) is 43.5 Å². The molecule has 0 spiro atoms. The molecule has 0 saturated carbocycles. The second-order valence-corrected chi connectivity index (χ2v) is 30.7. The van der Waals surface area contributed by atoms with Crippen molar-refractivity contribution in [1.82, 2.24) is 0 Å². The van der Waals surface area contributed by atoms with E-state index in [0.717, 1.165) is 180 Å². The Balaban J connectivity index is 4.50. The largest absolute Gasteiger partial charge is 0.472 e. The molecule has 0 fully saturated rings. The predicted molar refractivity (Wildman–Crippen MR) is 454 cm³/mol. The summed E-state index contributed by atoms with van der Waals surface area (Å²) in [5.41, 5.74) is 0. The molecule has 0 aliphatic heterocycles. The number of esters is 3. The van der Waals surface area contributed by atoms with Crippen LogP contribution in [0.2, 0.25) is 0 Å². The van der Waals surface area contributed by atoms with E-state index in [-0.39, 0.29) is 19.3 Å². The highest BCUT2D eigenvalue weighted by Gasteiger charge is 2.29. The number of hydrogen-bond acceptors (Lipinski definition) is 14. The molecule has 109 heavy (non-hydrogen) atoms. The van der Waals surface area contributed by atoms with Crippen LogP contribution in [0.15, 0.2) is 170 Å². The topological polar surface area (TPSA) is 231 Å². The second-order valence-electron chi connectivity index (χ2n) is 27.8. The molecule has 0 rings (SSSR count). The SMILES string of the molecule is CC/C=C\C/C=C\C/C=C\C/C=C\C/C=C\C/C=C\CCCCCCCCC(=O)OCC(COP(=O)(O)OCC(O)COP(=O)(O)OCC(O)COC(=O)CCCCCCCCCCCCCCCCCCC/C=C\C/C=C\C/C=C\C/C=C\C/C=C\CC)OC(=O)CCCCCCC/C=C\C/C=C\C/C=C\CC. The quantitative estimate of drug-likeness (QED) is 0.0146. The number of rotatable bonds is 79. The summed E-state index contributed by atoms with van der Waals surface area (Å²) in [6, 6.07) is 0. The molecular weight excluding hydrogens is 1410 g/mol. The van der Waals surface area contributed by atoms with Gasteiger partial charge in [-0.1, -0.05) is 332 Å². The van der Waals surface area contributed by atoms with Crippen molar-refractivity contribution in [1.29, 1.82) is 0 Å². The molecule has 18 heteroatoms. The van der Waals surface area contributed by atoms with Gasteiger partial charge in [0.1, 0.15) is 25.4 Å². The van der Waals surface area contributed by atoms with E-state index >= 15 is 0 Å². The summed E-state index contributed by atoms with van der Waals surface area (Å²) >= 11 is 0. The molecule has 16 nitrogen and oxygen atoms in total. The van der Waals surface area contributed by atoms with E-state index in [1.807, 2.05) is 0 Å². The lowest BCUT2D eigenvalue weighted by Crippen LogP contribution is -2.30. The van der Waals surface area contributed by atoms with Crippen LogP contribution in [-0.4, -0.2) is 95.9 Å². The average Bonchev–Trinajstić information content (AvgIpc) is 0.904. The third kappa shape index (κ3) is 83.7. The number of aliphatic hydroxyl groups is 2. The van der Waals surface area contributed by atoms with Gasteiger partial charge in [0.25, 0.3) is 0 Å². The van der Waals surface area contributed by atoms with Gasteiger partial charge in [-0.3, -0.25) is 32.5 Å². The van der Waals surface area contributed by atoms with Gasteiger partial charge in [-0.2, -0.15) is 0 Å². The van der Waals surface area contributed by atoms with Gasteiger partial charge in [0, 0.05) is 19.3 Å². The number of unbranched alkanes of at least 4 members (excludes halogenated alkanes) is 28. The Bertz CT molecular complexity index is 2660. The lowest BCUT2D eigenvalue weighted by Gasteiger charge is -2.21. The highest BCUT2D eigenvalue weighted by Crippen LogP contribution is 2.45. The molecule has 0 bridgehead atoms. The van der Waals surface area contributed by atoms with Crippen LogP contribution in [0.25, 0.3) is 0 Å². The maximum Gasteiger partial charge on any atom is 0.472 e. The number of ether oxygens (including phenoxy) is 3. The minimum Gasteiger partial charge on any atom is -0.463 e. The van der Waals surface area contributed by atoms with Crippen molar-refractivity contribution in [2.75, 3.05) is 39.6 Å². The minimum atomic E-state index is -4.95. The fraction of sp³-hybridized carbons (Fsp3) is 0.659. The first-order valence-electron chi connectivity index (χ1n) is 42.4. The number of allylic oxidation sites excluding steroid dienone is 28. The maximum atomic E-state index is 13.0. The fourth-order valence-corrected chi connectivity index (χ4v) is 12.7. The summed E-state index contributed by atoms with van der Waals surface area (Å²) in [6.45, 7) is 2.31. The van der Waals surface area contributed by atoms with Crippen molar-refractivity contribution in [2.24, 2.45) is 0 Å². The normalized spacial score (nSPS) is 14.7. The molecule has 0 radical (unpaired) electrons. The van der Waals surface area contributed by atoms with E-state index in [4.69, 9.17) is 32.3 Å². The summed E-state index contributed by atoms with van der Waals surface area (Å²) < 4.78 is 61.2. The van der Waals surface area contributed by atoms with E-state index in [0.29, 0.717) is 19.3 Å². The average molecular weight is 1560 g/mol. The standard InChI is InChI=1S/C91H152O16P2/c1-4-7-10-13-16-19-22-25-28-30-32-34-36-38-39-40-41-42-43-44-45-47-49-50-52-54-57-59-62-65-68-71-74-77-89(94)101-80-86(92)81-103-108(97,98)104-82-87(93)83-105-109(99,100)106-85-88(107-91(96)79-76-73-70-67-64-61-56-27-24-21-18-15-12-9-6-3)84-102-90(95)78-75-72-69-66-63-60-58-55-53-51-48-46-37-35-33-31-29-26-23-20-17-14-11-8-5-2/h7-12,16-21,25-29,32-35,38-39,46,48,53,55-56,86-88,92-93H,4-6,13-15,22-24,30-31,36-37,40-45,47,49-52,54,57-85H2,1-3H3,(H,97,98)(H,99,100)/b10-7-,11-8-,12-9-,19-16-,20-17-,21-18-,28-25-,29-26-,34-32-,35-33-,39-38-,48-46-,55-53-,56-27-. The molecule has 0 saturated heterocycles. The number of aliphatic hydroxyl groups excluding tert-OH is 2. The zero-order chi connectivity index (χ0) is 79.4. The van der Waals surface area contributed by atoms with Crippen LogP contribution < -0.4 is 0 Å². The van der Waals surface area contributed by atoms with Crippen LogP contribution in [0, 0.1) is 0 Å². The van der Waals surface area contributed by atoms with Gasteiger partial charge in [0.2, 0.25) is 0 Å². The molecule has 622 valence electrons. The third-order valence-electron chi connectivity index (χ3n) is 17.4. The van der Waals surface area contributed by atoms with Gasteiger partial charge in [-0.05, 0) is 148 Å². The Kier molecular flexibility index (Phi) is 78.5. The molecule has 0 aromatic carbocycles. The highest BCUT2D eigenvalue weighted by atomic mass is 31.2. The molecule has 0 aromatic rings. The zero-order valence-corrected chi connectivity index (χ0v) is 70.0. The minimum absolute atomic E-state index is 0.0766. The molecular formula is C91H152O16P2. The smallest absolute Gasteiger partial charge is 0.463 e. The number of phosphoric ester groups is 2. The number of carbonyl (C=O) groups is 3. The first-order chi connectivity index (χ1) is 53.2.